The Morgan fingerprint density at radius 3 is 0.829 bits per heavy atom. The van der Waals surface area contributed by atoms with Crippen LogP contribution in [0, 0.1) is 79.3 Å². The van der Waals surface area contributed by atoms with Gasteiger partial charge in [0.15, 0.2) is 10.8 Å². The van der Waals surface area contributed by atoms with Crippen LogP contribution in [-0.4, -0.2) is 172 Å². The monoisotopic (exact) mass is 1810 g/mol. The van der Waals surface area contributed by atoms with Crippen molar-refractivity contribution in [1.82, 2.24) is 4.72 Å². The van der Waals surface area contributed by atoms with E-state index >= 15 is 0 Å². The van der Waals surface area contributed by atoms with Crippen molar-refractivity contribution in [3.63, 3.8) is 0 Å². The van der Waals surface area contributed by atoms with Crippen molar-refractivity contribution < 1.29 is 128 Å². The number of Topliss-reactive ketones (excluding diaryl/α,β-unsaturated/α-hetero) is 2. The highest BCUT2D eigenvalue weighted by atomic mass is 79.9. The van der Waals surface area contributed by atoms with Crippen LogP contribution in [0.2, 0.25) is 0 Å². The van der Waals surface area contributed by atoms with Gasteiger partial charge in [-0.25, -0.2) is 8.42 Å². The zero-order valence-corrected chi connectivity index (χ0v) is 81.3. The SMILES string of the molecule is CC(=O)C1(C(=O)OC(C)(C)C)CC1C.CC(Br)CBr.CC(C)(C)OC(=O)CC(=O)OC(C)(C)C.CC1CC1(C(=O)O)C(=O)OC(C)(C)C.CC1CC1(C(=O)OC(C)(C)C)C(=O)OC(C)(C)C.COC(=O)C1(C(C)=O)CC1C.COC(=O)C1(CC(=O)OC(C)(C)C)CC1C.COC(=O)[C@@]1(C)C[C@H]1C.C[C@@H]1C[C@]1(C)C(=O)NS(=O)(=O)C1(C)CC1. The summed E-state index contributed by atoms with van der Waals surface area (Å²) in [5.41, 5.74) is -9.16. The summed E-state index contributed by atoms with van der Waals surface area (Å²) in [5.74, 6) is -4.44. The fraction of sp³-hybridized carbons (Fsp3) is 0.837. The standard InChI is InChI=1S/C14H24O4.C12H20O4.C11H20O4.C11H18O3.C10H17NO3S.C10H16O4.C8H12O3.C7H12O2.C3H6Br2/c1-9-8-14(9,10(15)17-12(2,3)4)11(16)18-13(5,6)7;1-8-6-12(8,10(14)15-5)7-9(13)16-11(2,3)4;1-10(2,3)14-8(12)7-9(13)15-11(4,5)6;1-7-6-11(7,8(2)12)9(13)14-10(3,4)5;1-7-6-10(7,3)8(12)11-15(13,14)9(2)4-5-9;1-6-5-10(6,7(11)12)8(13)14-9(2,3)4;1-5-4-8(5,6(2)9)7(10)11-3;1-5-4-7(5,2)6(8)9-3;1-3(5)2-4/h9H,8H2,1-7H3;8H,6-7H2,1-5H3;7H2,1-6H3;7H,6H2,1-5H3;7H,4-6H2,1-3H3,(H,11,12);6H,5H2,1-4H3,(H,11,12);5H,4H2,1-3H3;5H,4H2,1-3H3;3H,2H2,1H3/t;;;;7-,10+;;;5-,7+;/m....1..1./s1. The van der Waals surface area contributed by atoms with Gasteiger partial charge >= 0.3 is 65.7 Å². The summed E-state index contributed by atoms with van der Waals surface area (Å²) in [6, 6.07) is 0. The van der Waals surface area contributed by atoms with Gasteiger partial charge in [-0.3, -0.25) is 71.8 Å². The molecule has 0 aromatic rings. The third kappa shape index (κ3) is 34.0. The molecule has 1 amide bonds. The van der Waals surface area contributed by atoms with Crippen molar-refractivity contribution in [1.29, 1.82) is 0 Å². The number of halogens is 2. The number of sulfonamides is 1. The molecule has 10 unspecified atom stereocenters. The van der Waals surface area contributed by atoms with Crippen molar-refractivity contribution in [2.45, 2.75) is 355 Å². The van der Waals surface area contributed by atoms with E-state index in [0.29, 0.717) is 61.6 Å². The molecule has 0 spiro atoms. The molecule has 14 atom stereocenters. The Morgan fingerprint density at radius 1 is 0.393 bits per heavy atom. The highest BCUT2D eigenvalue weighted by Crippen LogP contribution is 2.59. The third-order valence-electron chi connectivity index (χ3n) is 21.1. The number of alkyl halides is 2. The maximum atomic E-state index is 12.2. The van der Waals surface area contributed by atoms with Gasteiger partial charge in [-0.2, -0.15) is 0 Å². The van der Waals surface area contributed by atoms with E-state index in [1.54, 1.807) is 118 Å². The molecule has 0 bridgehead atoms. The van der Waals surface area contributed by atoms with Crippen LogP contribution in [0.5, 0.6) is 0 Å². The number of aliphatic carboxylic acids is 1. The van der Waals surface area contributed by atoms with E-state index in [9.17, 15) is 75.5 Å². The molecule has 0 heterocycles. The molecule has 0 aromatic heterocycles. The van der Waals surface area contributed by atoms with Crippen LogP contribution in [0.3, 0.4) is 0 Å². The Balaban J connectivity index is 0.00000131. The number of ether oxygens (including phenoxy) is 10. The van der Waals surface area contributed by atoms with Gasteiger partial charge < -0.3 is 52.5 Å². The van der Waals surface area contributed by atoms with Crippen molar-refractivity contribution >= 4 is 125 Å². The minimum Gasteiger partial charge on any atom is -0.480 e. The number of nitrogens with one attached hydrogen (secondary N) is 1. The summed E-state index contributed by atoms with van der Waals surface area (Å²) in [6.07, 6.45) is 5.75. The maximum Gasteiger partial charge on any atom is 0.324 e. The second-order valence-corrected chi connectivity index (χ2v) is 44.9. The average Bonchev–Trinajstić information content (AvgIpc) is 1.59. The van der Waals surface area contributed by atoms with E-state index in [-0.39, 0.29) is 95.2 Å². The lowest BCUT2D eigenvalue weighted by molar-refractivity contribution is -0.178. The van der Waals surface area contributed by atoms with Gasteiger partial charge in [0.05, 0.1) is 48.7 Å². The lowest BCUT2D eigenvalue weighted by Crippen LogP contribution is -2.41. The van der Waals surface area contributed by atoms with E-state index in [0.717, 1.165) is 18.2 Å². The molecule has 28 nitrogen and oxygen atoms in total. The van der Waals surface area contributed by atoms with Gasteiger partial charge in [0.2, 0.25) is 15.9 Å². The topological polar surface area (TPSA) is 398 Å². The van der Waals surface area contributed by atoms with Gasteiger partial charge in [0, 0.05) is 10.2 Å². The molecule has 0 radical (unpaired) electrons. The van der Waals surface area contributed by atoms with E-state index in [2.05, 4.69) is 59.9 Å². The summed E-state index contributed by atoms with van der Waals surface area (Å²) in [4.78, 5) is 161. The van der Waals surface area contributed by atoms with Crippen LogP contribution in [-0.2, 0) is 125 Å². The number of amides is 1. The molecule has 8 aliphatic carbocycles. The molecule has 0 saturated heterocycles. The zero-order valence-electron chi connectivity index (χ0n) is 77.3. The predicted molar refractivity (Wildman–Crippen MR) is 447 cm³/mol. The van der Waals surface area contributed by atoms with Crippen molar-refractivity contribution in [2.75, 3.05) is 26.7 Å². The number of methoxy groups -OCH3 is 3. The number of hydrogen-bond acceptors (Lipinski definition) is 26. The largest absolute Gasteiger partial charge is 0.480 e. The molecule has 8 rings (SSSR count). The number of carboxylic acid groups (broad SMARTS) is 1. The van der Waals surface area contributed by atoms with Crippen LogP contribution in [0.25, 0.3) is 0 Å². The Morgan fingerprint density at radius 2 is 0.641 bits per heavy atom. The van der Waals surface area contributed by atoms with Gasteiger partial charge in [0.25, 0.3) is 0 Å². The Bertz CT molecular complexity index is 3570. The zero-order chi connectivity index (χ0) is 93.0. The number of carbonyl (C=O) groups excluding carboxylic acids is 13. The van der Waals surface area contributed by atoms with E-state index in [4.69, 9.17) is 43.0 Å². The Kier molecular flexibility index (Phi) is 38.6. The van der Waals surface area contributed by atoms with Crippen LogP contribution in [0.4, 0.5) is 0 Å². The van der Waals surface area contributed by atoms with E-state index in [1.807, 2.05) is 90.0 Å². The van der Waals surface area contributed by atoms with Gasteiger partial charge in [0.1, 0.15) is 68.0 Å². The smallest absolute Gasteiger partial charge is 0.324 e. The summed E-state index contributed by atoms with van der Waals surface area (Å²) >= 11 is 6.59. The molecule has 117 heavy (non-hydrogen) atoms. The molecule has 8 saturated carbocycles. The minimum absolute atomic E-state index is 0.0119. The maximum absolute atomic E-state index is 12.2. The van der Waals surface area contributed by atoms with E-state index < -0.39 is 122 Å². The molecule has 676 valence electrons. The first-order valence-corrected chi connectivity index (χ1v) is 43.5. The fourth-order valence-corrected chi connectivity index (χ4v) is 13.5. The van der Waals surface area contributed by atoms with E-state index in [1.165, 1.54) is 35.2 Å². The molecule has 2 N–H and O–H groups in total. The highest BCUT2D eigenvalue weighted by molar-refractivity contribution is 9.12. The lowest BCUT2D eigenvalue weighted by Gasteiger charge is -2.26. The molecule has 8 aliphatic rings. The number of carboxylic acids is 1. The second-order valence-electron chi connectivity index (χ2n) is 40.4. The summed E-state index contributed by atoms with van der Waals surface area (Å²) in [6.45, 7) is 61.1. The van der Waals surface area contributed by atoms with Gasteiger partial charge in [-0.05, 0) is 272 Å². The summed E-state index contributed by atoms with van der Waals surface area (Å²) in [7, 11) is 0.660. The van der Waals surface area contributed by atoms with Crippen LogP contribution in [0.1, 0.15) is 306 Å². The molecule has 31 heteroatoms. The number of carbonyl (C=O) groups is 14. The van der Waals surface area contributed by atoms with Gasteiger partial charge in [-0.15, -0.1) is 0 Å². The quantitative estimate of drug-likeness (QED) is 0.0557. The molecule has 0 aromatic carbocycles. The first kappa shape index (κ1) is 111. The third-order valence-corrected chi connectivity index (χ3v) is 25.4. The van der Waals surface area contributed by atoms with Crippen molar-refractivity contribution in [3.8, 4) is 0 Å². The normalized spacial score (nSPS) is 28.0. The molecule has 0 aliphatic heterocycles. The number of hydrogen-bond donors (Lipinski definition) is 2. The average molecular weight is 1820 g/mol. The highest BCUT2D eigenvalue weighted by Gasteiger charge is 2.69. The fourth-order valence-electron chi connectivity index (χ4n) is 12.1. The van der Waals surface area contributed by atoms with Gasteiger partial charge in [-0.1, -0.05) is 94.2 Å². The number of ketones is 2. The van der Waals surface area contributed by atoms with Crippen LogP contribution < -0.4 is 4.72 Å². The second kappa shape index (κ2) is 40.7. The molecular weight excluding hydrogens is 1670 g/mol. The summed E-state index contributed by atoms with van der Waals surface area (Å²) in [5, 5.41) is 9.98. The van der Waals surface area contributed by atoms with Crippen LogP contribution >= 0.6 is 31.9 Å². The Hall–Kier alpha value is -6.11. The minimum atomic E-state index is -3.45. The number of esters is 10. The lowest BCUT2D eigenvalue weighted by atomic mass is 9.99. The number of rotatable bonds is 18. The first-order chi connectivity index (χ1) is 52.1. The van der Waals surface area contributed by atoms with Crippen molar-refractivity contribution in [3.05, 3.63) is 0 Å². The first-order valence-electron chi connectivity index (χ1n) is 40.0. The molecular formula is C86H145Br2NO27S. The molecule has 8 fully saturated rings. The van der Waals surface area contributed by atoms with Crippen molar-refractivity contribution in [2.24, 2.45) is 79.3 Å². The summed E-state index contributed by atoms with van der Waals surface area (Å²) < 4.78 is 75.1. The predicted octanol–water partition coefficient (Wildman–Crippen LogP) is 15.2. The van der Waals surface area contributed by atoms with Crippen LogP contribution in [0.15, 0.2) is 0 Å². The Labute approximate surface area is 714 Å².